The van der Waals surface area contributed by atoms with E-state index in [1.807, 2.05) is 32.2 Å². The molecule has 0 bridgehead atoms. The zero-order valence-electron chi connectivity index (χ0n) is 21.3. The fourth-order valence-electron chi connectivity index (χ4n) is 4.52. The lowest BCUT2D eigenvalue weighted by atomic mass is 10.1. The van der Waals surface area contributed by atoms with Crippen LogP contribution in [0.1, 0.15) is 42.9 Å². The molecule has 7 nitrogen and oxygen atoms in total. The zero-order chi connectivity index (χ0) is 25.4. The first-order valence-corrected chi connectivity index (χ1v) is 12.3. The van der Waals surface area contributed by atoms with E-state index < -0.39 is 0 Å². The third-order valence-electron chi connectivity index (χ3n) is 6.69. The molecule has 0 aromatic heterocycles. The van der Waals surface area contributed by atoms with E-state index in [-0.39, 0.29) is 30.9 Å². The number of nitrogens with zero attached hydrogens (tertiary/aromatic N) is 3. The molecule has 3 rings (SSSR count). The van der Waals surface area contributed by atoms with Crippen molar-refractivity contribution in [2.75, 3.05) is 38.7 Å². The SMILES string of the molecule is [C-]#[N+]c1ccc(C)c(N(CC(=O)NCCCCC)CC(=O)N(C)C2Cc3ccc(OC)cc3C2)c1. The summed E-state index contributed by atoms with van der Waals surface area (Å²) in [7, 11) is 3.49. The molecule has 0 aliphatic heterocycles. The molecule has 0 fully saturated rings. The van der Waals surface area contributed by atoms with Gasteiger partial charge in [0.05, 0.1) is 26.8 Å². The van der Waals surface area contributed by atoms with Gasteiger partial charge in [0.25, 0.3) is 0 Å². The Kier molecular flexibility index (Phi) is 9.13. The van der Waals surface area contributed by atoms with Crippen LogP contribution in [0.2, 0.25) is 0 Å². The number of hydrogen-bond acceptors (Lipinski definition) is 4. The van der Waals surface area contributed by atoms with Crippen LogP contribution in [0, 0.1) is 13.5 Å². The number of methoxy groups -OCH3 is 1. The molecule has 0 heterocycles. The van der Waals surface area contributed by atoms with Crippen molar-refractivity contribution < 1.29 is 14.3 Å². The van der Waals surface area contributed by atoms with Gasteiger partial charge in [0.15, 0.2) is 5.69 Å². The summed E-state index contributed by atoms with van der Waals surface area (Å²) in [5.74, 6) is 0.648. The summed E-state index contributed by atoms with van der Waals surface area (Å²) in [6.45, 7) is 12.2. The third kappa shape index (κ3) is 6.75. The summed E-state index contributed by atoms with van der Waals surface area (Å²) >= 11 is 0. The first kappa shape index (κ1) is 26.1. The van der Waals surface area contributed by atoms with E-state index in [9.17, 15) is 9.59 Å². The Morgan fingerprint density at radius 2 is 1.89 bits per heavy atom. The standard InChI is InChI=1S/C28H36N4O3/c1-6-7-8-13-30-27(33)18-32(26-17-23(29-3)11-9-20(26)2)19-28(34)31(4)24-14-21-10-12-25(35-5)16-22(21)15-24/h9-12,16-17,24H,6-8,13-15,18-19H2,1-2,4-5H3,(H,30,33). The molecule has 1 N–H and O–H groups in total. The van der Waals surface area contributed by atoms with Crippen LogP contribution in [0.5, 0.6) is 5.75 Å². The second kappa shape index (κ2) is 12.3. The van der Waals surface area contributed by atoms with Crippen LogP contribution >= 0.6 is 0 Å². The summed E-state index contributed by atoms with van der Waals surface area (Å²) in [6.07, 6.45) is 4.66. The Morgan fingerprint density at radius 1 is 1.11 bits per heavy atom. The number of likely N-dealkylation sites (N-methyl/N-ethyl adjacent to an activating group) is 1. The number of rotatable bonds is 11. The van der Waals surface area contributed by atoms with E-state index in [0.717, 1.165) is 49.1 Å². The van der Waals surface area contributed by atoms with Crippen molar-refractivity contribution in [2.24, 2.45) is 0 Å². The number of ether oxygens (including phenoxy) is 1. The first-order valence-electron chi connectivity index (χ1n) is 12.3. The molecule has 1 aliphatic rings. The number of hydrogen-bond donors (Lipinski definition) is 1. The van der Waals surface area contributed by atoms with Crippen molar-refractivity contribution in [3.05, 3.63) is 64.5 Å². The van der Waals surface area contributed by atoms with Crippen molar-refractivity contribution >= 4 is 23.2 Å². The van der Waals surface area contributed by atoms with Crippen LogP contribution in [0.15, 0.2) is 36.4 Å². The number of anilines is 1. The van der Waals surface area contributed by atoms with Crippen LogP contribution < -0.4 is 15.0 Å². The number of unbranched alkanes of at least 4 members (excludes halogenated alkanes) is 2. The van der Waals surface area contributed by atoms with Crippen LogP contribution in [0.25, 0.3) is 4.85 Å². The molecule has 1 unspecified atom stereocenters. The number of carbonyl (C=O) groups is 2. The summed E-state index contributed by atoms with van der Waals surface area (Å²) in [5, 5.41) is 2.97. The minimum atomic E-state index is -0.121. The van der Waals surface area contributed by atoms with Gasteiger partial charge in [-0.3, -0.25) is 9.59 Å². The molecule has 2 aromatic carbocycles. The Morgan fingerprint density at radius 3 is 2.60 bits per heavy atom. The van der Waals surface area contributed by atoms with Gasteiger partial charge in [-0.15, -0.1) is 0 Å². The Bertz CT molecular complexity index is 1090. The smallest absolute Gasteiger partial charge is 0.242 e. The van der Waals surface area contributed by atoms with Crippen LogP contribution in [0.3, 0.4) is 0 Å². The van der Waals surface area contributed by atoms with Crippen molar-refractivity contribution in [2.45, 2.75) is 52.0 Å². The van der Waals surface area contributed by atoms with E-state index >= 15 is 0 Å². The second-order valence-electron chi connectivity index (χ2n) is 9.20. The van der Waals surface area contributed by atoms with Gasteiger partial charge in [0.1, 0.15) is 5.75 Å². The Hall–Kier alpha value is -3.53. The monoisotopic (exact) mass is 476 g/mol. The molecule has 0 radical (unpaired) electrons. The van der Waals surface area contributed by atoms with Gasteiger partial charge in [0, 0.05) is 25.3 Å². The van der Waals surface area contributed by atoms with Crippen molar-refractivity contribution in [1.29, 1.82) is 0 Å². The van der Waals surface area contributed by atoms with Crippen LogP contribution in [-0.4, -0.2) is 56.5 Å². The fraction of sp³-hybridized carbons (Fsp3) is 0.464. The molecule has 0 spiro atoms. The van der Waals surface area contributed by atoms with E-state index in [2.05, 4.69) is 23.2 Å². The highest BCUT2D eigenvalue weighted by Gasteiger charge is 2.29. The summed E-state index contributed by atoms with van der Waals surface area (Å²) in [6, 6.07) is 11.5. The predicted octanol–water partition coefficient (Wildman–Crippen LogP) is 4.29. The highest BCUT2D eigenvalue weighted by Crippen LogP contribution is 2.29. The number of benzene rings is 2. The van der Waals surface area contributed by atoms with Crippen LogP contribution in [0.4, 0.5) is 11.4 Å². The van der Waals surface area contributed by atoms with E-state index in [0.29, 0.717) is 12.2 Å². The molecule has 2 aromatic rings. The minimum absolute atomic E-state index is 0.0545. The predicted molar refractivity (Wildman–Crippen MR) is 139 cm³/mol. The topological polar surface area (TPSA) is 66.2 Å². The number of nitrogens with one attached hydrogen (secondary N) is 1. The highest BCUT2D eigenvalue weighted by molar-refractivity contribution is 5.87. The molecule has 7 heteroatoms. The maximum Gasteiger partial charge on any atom is 0.242 e. The van der Waals surface area contributed by atoms with Crippen molar-refractivity contribution in [1.82, 2.24) is 10.2 Å². The Labute approximate surface area is 208 Å². The molecule has 1 aliphatic carbocycles. The molecule has 186 valence electrons. The van der Waals surface area contributed by atoms with Gasteiger partial charge in [0.2, 0.25) is 11.8 Å². The molecular formula is C28H36N4O3. The molecule has 35 heavy (non-hydrogen) atoms. The van der Waals surface area contributed by atoms with Gasteiger partial charge < -0.3 is 19.9 Å². The quantitative estimate of drug-likeness (QED) is 0.388. The van der Waals surface area contributed by atoms with Gasteiger partial charge >= 0.3 is 0 Å². The molecule has 1 atom stereocenters. The van der Waals surface area contributed by atoms with Crippen molar-refractivity contribution in [3.8, 4) is 5.75 Å². The highest BCUT2D eigenvalue weighted by atomic mass is 16.5. The number of carbonyl (C=O) groups excluding carboxylic acids is 2. The summed E-state index contributed by atoms with van der Waals surface area (Å²) in [4.78, 5) is 33.3. The van der Waals surface area contributed by atoms with Gasteiger partial charge in [-0.25, -0.2) is 4.85 Å². The molecular weight excluding hydrogens is 440 g/mol. The summed E-state index contributed by atoms with van der Waals surface area (Å²) in [5.41, 5.74) is 4.59. The average molecular weight is 477 g/mol. The molecule has 0 saturated carbocycles. The third-order valence-corrected chi connectivity index (χ3v) is 6.69. The maximum atomic E-state index is 13.4. The maximum absolute atomic E-state index is 13.4. The fourth-order valence-corrected chi connectivity index (χ4v) is 4.52. The Balaban J connectivity index is 1.73. The zero-order valence-corrected chi connectivity index (χ0v) is 21.3. The minimum Gasteiger partial charge on any atom is -0.497 e. The average Bonchev–Trinajstić information content (AvgIpc) is 3.29. The second-order valence-corrected chi connectivity index (χ2v) is 9.20. The first-order chi connectivity index (χ1) is 16.9. The summed E-state index contributed by atoms with van der Waals surface area (Å²) < 4.78 is 5.35. The van der Waals surface area contributed by atoms with E-state index in [1.54, 1.807) is 29.0 Å². The molecule has 0 saturated heterocycles. The van der Waals surface area contributed by atoms with Crippen molar-refractivity contribution in [3.63, 3.8) is 0 Å². The van der Waals surface area contributed by atoms with Gasteiger partial charge in [-0.1, -0.05) is 38.0 Å². The lowest BCUT2D eigenvalue weighted by molar-refractivity contribution is -0.130. The largest absolute Gasteiger partial charge is 0.497 e. The van der Waals surface area contributed by atoms with Crippen LogP contribution in [-0.2, 0) is 22.4 Å². The van der Waals surface area contributed by atoms with E-state index in [4.69, 9.17) is 11.3 Å². The number of fused-ring (bicyclic) bond motifs is 1. The number of amides is 2. The lowest BCUT2D eigenvalue weighted by Crippen LogP contribution is -2.46. The number of aryl methyl sites for hydroxylation is 1. The van der Waals surface area contributed by atoms with E-state index in [1.165, 1.54) is 11.1 Å². The van der Waals surface area contributed by atoms with Gasteiger partial charge in [-0.05, 0) is 61.1 Å². The molecule has 2 amide bonds. The van der Waals surface area contributed by atoms with Gasteiger partial charge in [-0.2, -0.15) is 0 Å². The lowest BCUT2D eigenvalue weighted by Gasteiger charge is -2.30. The normalized spacial score (nSPS) is 14.1.